The summed E-state index contributed by atoms with van der Waals surface area (Å²) in [5, 5.41) is 3.77. The van der Waals surface area contributed by atoms with Gasteiger partial charge in [0.15, 0.2) is 0 Å². The molecule has 0 spiro atoms. The van der Waals surface area contributed by atoms with Gasteiger partial charge in [-0.25, -0.2) is 14.8 Å². The van der Waals surface area contributed by atoms with Gasteiger partial charge in [-0.1, -0.05) is 24.3 Å². The SMILES string of the molecule is O=C(CCc1nc2ccccc2[nH]c1=O)N/N=C\c1cccc(F)c1. The van der Waals surface area contributed by atoms with Crippen LogP contribution in [0.4, 0.5) is 4.39 Å². The molecular formula is C18H15FN4O2. The van der Waals surface area contributed by atoms with Crippen molar-refractivity contribution in [3.05, 3.63) is 76.0 Å². The van der Waals surface area contributed by atoms with Crippen LogP contribution < -0.4 is 11.0 Å². The maximum Gasteiger partial charge on any atom is 0.270 e. The van der Waals surface area contributed by atoms with E-state index in [0.717, 1.165) is 0 Å². The first-order valence-corrected chi connectivity index (χ1v) is 7.67. The second-order valence-corrected chi connectivity index (χ2v) is 5.38. The first-order valence-electron chi connectivity index (χ1n) is 7.67. The smallest absolute Gasteiger partial charge is 0.270 e. The van der Waals surface area contributed by atoms with Gasteiger partial charge < -0.3 is 4.98 Å². The summed E-state index contributed by atoms with van der Waals surface area (Å²) in [6, 6.07) is 13.0. The second kappa shape index (κ2) is 7.48. The summed E-state index contributed by atoms with van der Waals surface area (Å²) in [5.74, 6) is -0.737. The van der Waals surface area contributed by atoms with Gasteiger partial charge in [0, 0.05) is 12.8 Å². The third kappa shape index (κ3) is 4.35. The summed E-state index contributed by atoms with van der Waals surface area (Å²) in [5.41, 5.74) is 4.19. The Morgan fingerprint density at radius 1 is 1.24 bits per heavy atom. The number of aromatic nitrogens is 2. The summed E-state index contributed by atoms with van der Waals surface area (Å²) in [4.78, 5) is 30.8. The molecule has 2 N–H and O–H groups in total. The quantitative estimate of drug-likeness (QED) is 0.552. The molecular weight excluding hydrogens is 323 g/mol. The van der Waals surface area contributed by atoms with Crippen molar-refractivity contribution in [1.29, 1.82) is 0 Å². The molecule has 2 aromatic carbocycles. The highest BCUT2D eigenvalue weighted by Gasteiger charge is 2.07. The predicted octanol–water partition coefficient (Wildman–Crippen LogP) is 2.15. The molecule has 0 radical (unpaired) electrons. The van der Waals surface area contributed by atoms with Crippen molar-refractivity contribution < 1.29 is 9.18 Å². The molecule has 3 rings (SSSR count). The zero-order valence-electron chi connectivity index (χ0n) is 13.2. The van der Waals surface area contributed by atoms with Crippen LogP contribution in [0.15, 0.2) is 58.4 Å². The number of carbonyl (C=O) groups is 1. The van der Waals surface area contributed by atoms with Crippen LogP contribution in [0, 0.1) is 5.82 Å². The number of hydrazone groups is 1. The monoisotopic (exact) mass is 338 g/mol. The number of H-pyrrole nitrogens is 1. The van der Waals surface area contributed by atoms with Gasteiger partial charge in [0.25, 0.3) is 5.56 Å². The predicted molar refractivity (Wildman–Crippen MR) is 92.8 cm³/mol. The molecule has 0 unspecified atom stereocenters. The lowest BCUT2D eigenvalue weighted by molar-refractivity contribution is -0.121. The summed E-state index contributed by atoms with van der Waals surface area (Å²) in [7, 11) is 0. The minimum Gasteiger partial charge on any atom is -0.319 e. The van der Waals surface area contributed by atoms with E-state index in [2.05, 4.69) is 20.5 Å². The third-order valence-corrected chi connectivity index (χ3v) is 3.51. The fraction of sp³-hybridized carbons (Fsp3) is 0.111. The lowest BCUT2D eigenvalue weighted by atomic mass is 10.2. The summed E-state index contributed by atoms with van der Waals surface area (Å²) < 4.78 is 13.0. The maximum atomic E-state index is 13.0. The molecule has 1 amide bonds. The Balaban J connectivity index is 1.59. The Labute approximate surface area is 142 Å². The molecule has 0 saturated heterocycles. The normalized spacial score (nSPS) is 11.1. The number of aryl methyl sites for hydroxylation is 1. The number of hydrogen-bond acceptors (Lipinski definition) is 4. The lowest BCUT2D eigenvalue weighted by Crippen LogP contribution is -2.21. The van der Waals surface area contributed by atoms with E-state index >= 15 is 0 Å². The number of hydrogen-bond donors (Lipinski definition) is 2. The maximum absolute atomic E-state index is 13.0. The van der Waals surface area contributed by atoms with Crippen molar-refractivity contribution in [3.8, 4) is 0 Å². The zero-order chi connectivity index (χ0) is 17.6. The molecule has 25 heavy (non-hydrogen) atoms. The molecule has 7 heteroatoms. The van der Waals surface area contributed by atoms with Crippen LogP contribution in [0.2, 0.25) is 0 Å². The van der Waals surface area contributed by atoms with E-state index in [1.807, 2.05) is 12.1 Å². The van der Waals surface area contributed by atoms with Crippen LogP contribution in [0.1, 0.15) is 17.7 Å². The van der Waals surface area contributed by atoms with Gasteiger partial charge in [0.1, 0.15) is 11.5 Å². The Hall–Kier alpha value is -3.35. The number of aromatic amines is 1. The topological polar surface area (TPSA) is 87.2 Å². The summed E-state index contributed by atoms with van der Waals surface area (Å²) in [6.45, 7) is 0. The average molecular weight is 338 g/mol. The molecule has 0 aliphatic carbocycles. The highest BCUT2D eigenvalue weighted by molar-refractivity contribution is 5.82. The largest absolute Gasteiger partial charge is 0.319 e. The molecule has 3 aromatic rings. The summed E-state index contributed by atoms with van der Waals surface area (Å²) >= 11 is 0. The minimum atomic E-state index is -0.378. The van der Waals surface area contributed by atoms with E-state index in [4.69, 9.17) is 0 Å². The van der Waals surface area contributed by atoms with E-state index in [0.29, 0.717) is 22.3 Å². The first kappa shape index (κ1) is 16.5. The number of fused-ring (bicyclic) bond motifs is 1. The molecule has 0 saturated carbocycles. The van der Waals surface area contributed by atoms with Crippen LogP contribution in [-0.4, -0.2) is 22.1 Å². The Morgan fingerprint density at radius 3 is 2.92 bits per heavy atom. The summed E-state index contributed by atoms with van der Waals surface area (Å²) in [6.07, 6.45) is 1.61. The van der Waals surface area contributed by atoms with E-state index in [-0.39, 0.29) is 30.1 Å². The van der Waals surface area contributed by atoms with Gasteiger partial charge in [-0.3, -0.25) is 9.59 Å². The second-order valence-electron chi connectivity index (χ2n) is 5.38. The van der Waals surface area contributed by atoms with Crippen LogP contribution in [0.25, 0.3) is 11.0 Å². The van der Waals surface area contributed by atoms with Crippen molar-refractivity contribution in [3.63, 3.8) is 0 Å². The molecule has 0 aliphatic rings. The Morgan fingerprint density at radius 2 is 2.08 bits per heavy atom. The molecule has 0 atom stereocenters. The van der Waals surface area contributed by atoms with Crippen molar-refractivity contribution >= 4 is 23.2 Å². The fourth-order valence-electron chi connectivity index (χ4n) is 2.29. The molecule has 1 aromatic heterocycles. The van der Waals surface area contributed by atoms with Gasteiger partial charge in [-0.05, 0) is 29.8 Å². The standard InChI is InChI=1S/C18H15FN4O2/c19-13-5-3-4-12(10-13)11-20-23-17(24)9-8-16-18(25)22-15-7-2-1-6-14(15)21-16/h1-7,10-11H,8-9H2,(H,22,25)(H,23,24)/b20-11-. The van der Waals surface area contributed by atoms with Crippen LogP contribution in [0.3, 0.4) is 0 Å². The van der Waals surface area contributed by atoms with Gasteiger partial charge in [-0.15, -0.1) is 0 Å². The number of nitrogens with one attached hydrogen (secondary N) is 2. The molecule has 0 aliphatic heterocycles. The number of halogens is 1. The van der Waals surface area contributed by atoms with Gasteiger partial charge >= 0.3 is 0 Å². The zero-order valence-corrected chi connectivity index (χ0v) is 13.2. The first-order chi connectivity index (χ1) is 12.1. The fourth-order valence-corrected chi connectivity index (χ4v) is 2.29. The highest BCUT2D eigenvalue weighted by atomic mass is 19.1. The van der Waals surface area contributed by atoms with Crippen molar-refractivity contribution in [2.24, 2.45) is 5.10 Å². The molecule has 6 nitrogen and oxygen atoms in total. The Kier molecular flexibility index (Phi) is 4.94. The molecule has 0 bridgehead atoms. The van der Waals surface area contributed by atoms with E-state index in [1.54, 1.807) is 24.3 Å². The molecule has 126 valence electrons. The van der Waals surface area contributed by atoms with E-state index < -0.39 is 0 Å². The number of amides is 1. The highest BCUT2D eigenvalue weighted by Crippen LogP contribution is 2.06. The van der Waals surface area contributed by atoms with E-state index in [1.165, 1.54) is 18.3 Å². The van der Waals surface area contributed by atoms with Crippen LogP contribution in [-0.2, 0) is 11.2 Å². The van der Waals surface area contributed by atoms with Gasteiger partial charge in [0.05, 0.1) is 17.2 Å². The minimum absolute atomic E-state index is 0.0644. The Bertz CT molecular complexity index is 998. The van der Waals surface area contributed by atoms with Crippen molar-refractivity contribution in [1.82, 2.24) is 15.4 Å². The van der Waals surface area contributed by atoms with Gasteiger partial charge in [-0.2, -0.15) is 5.10 Å². The number of rotatable bonds is 5. The number of benzene rings is 2. The third-order valence-electron chi connectivity index (χ3n) is 3.51. The number of carbonyl (C=O) groups excluding carboxylic acids is 1. The van der Waals surface area contributed by atoms with Crippen LogP contribution >= 0.6 is 0 Å². The van der Waals surface area contributed by atoms with E-state index in [9.17, 15) is 14.0 Å². The van der Waals surface area contributed by atoms with Crippen molar-refractivity contribution in [2.75, 3.05) is 0 Å². The molecule has 1 heterocycles. The van der Waals surface area contributed by atoms with Gasteiger partial charge in [0.2, 0.25) is 5.91 Å². The lowest BCUT2D eigenvalue weighted by Gasteiger charge is -2.02. The molecule has 0 fully saturated rings. The average Bonchev–Trinajstić information content (AvgIpc) is 2.60. The van der Waals surface area contributed by atoms with Crippen LogP contribution in [0.5, 0.6) is 0 Å². The van der Waals surface area contributed by atoms with Crippen molar-refractivity contribution in [2.45, 2.75) is 12.8 Å². The number of nitrogens with zero attached hydrogens (tertiary/aromatic N) is 2. The number of para-hydroxylation sites is 2.